The number of nitrogens with zero attached hydrogens (tertiary/aromatic N) is 1. The van der Waals surface area contributed by atoms with Crippen molar-refractivity contribution in [3.63, 3.8) is 0 Å². The van der Waals surface area contributed by atoms with Gasteiger partial charge in [0, 0.05) is 18.7 Å². The number of nitrogens with one attached hydrogen (secondary N) is 1. The summed E-state index contributed by atoms with van der Waals surface area (Å²) in [5.41, 5.74) is 1.21. The summed E-state index contributed by atoms with van der Waals surface area (Å²) >= 11 is 0. The molecule has 1 N–H and O–H groups in total. The fourth-order valence-electron chi connectivity index (χ4n) is 1.99. The number of rotatable bonds is 12. The molecule has 0 heterocycles. The third kappa shape index (κ3) is 8.71. The van der Waals surface area contributed by atoms with E-state index in [1.165, 1.54) is 5.56 Å². The van der Waals surface area contributed by atoms with Gasteiger partial charge in [-0.25, -0.2) is 0 Å². The molecule has 4 heteroatoms. The molecular formula is C17H30N2O2. The normalized spacial score (nSPS) is 11.0. The zero-order valence-electron chi connectivity index (χ0n) is 13.7. The van der Waals surface area contributed by atoms with Crippen LogP contribution >= 0.6 is 0 Å². The van der Waals surface area contributed by atoms with E-state index in [0.717, 1.165) is 44.8 Å². The molecular weight excluding hydrogens is 264 g/mol. The van der Waals surface area contributed by atoms with Gasteiger partial charge >= 0.3 is 0 Å². The number of hydrogen-bond donors (Lipinski definition) is 1. The van der Waals surface area contributed by atoms with Crippen LogP contribution in [0.15, 0.2) is 24.3 Å². The van der Waals surface area contributed by atoms with E-state index in [1.807, 2.05) is 18.2 Å². The number of para-hydroxylation sites is 1. The van der Waals surface area contributed by atoms with Gasteiger partial charge in [-0.1, -0.05) is 25.1 Å². The molecule has 1 aromatic rings. The largest absolute Gasteiger partial charge is 0.491 e. The molecule has 0 aliphatic carbocycles. The minimum absolute atomic E-state index is 0.604. The molecule has 0 atom stereocenters. The van der Waals surface area contributed by atoms with Gasteiger partial charge in [-0.2, -0.15) is 0 Å². The fourth-order valence-corrected chi connectivity index (χ4v) is 1.99. The number of hydrogen-bond acceptors (Lipinski definition) is 4. The van der Waals surface area contributed by atoms with Gasteiger partial charge in [0.05, 0.1) is 6.61 Å². The average molecular weight is 294 g/mol. The molecule has 1 rings (SSSR count). The molecule has 0 aromatic heterocycles. The molecule has 0 aliphatic heterocycles. The lowest BCUT2D eigenvalue weighted by Gasteiger charge is -2.13. The lowest BCUT2D eigenvalue weighted by Crippen LogP contribution is -2.17. The minimum atomic E-state index is 0.604. The van der Waals surface area contributed by atoms with E-state index in [0.29, 0.717) is 13.2 Å². The molecule has 0 spiro atoms. The van der Waals surface area contributed by atoms with E-state index < -0.39 is 0 Å². The van der Waals surface area contributed by atoms with Crippen LogP contribution in [0, 0.1) is 0 Å². The van der Waals surface area contributed by atoms with Gasteiger partial charge in [0.1, 0.15) is 12.4 Å². The summed E-state index contributed by atoms with van der Waals surface area (Å²) < 4.78 is 11.4. The molecule has 0 saturated heterocycles. The van der Waals surface area contributed by atoms with Gasteiger partial charge in [0.15, 0.2) is 0 Å². The van der Waals surface area contributed by atoms with Gasteiger partial charge in [-0.15, -0.1) is 0 Å². The quantitative estimate of drug-likeness (QED) is 0.601. The first-order chi connectivity index (χ1) is 10.2. The Morgan fingerprint density at radius 2 is 1.90 bits per heavy atom. The Balaban J connectivity index is 2.19. The standard InChI is InChI=1S/C17H30N2O2/c1-4-10-18-15-16-8-5-6-9-17(16)21-14-13-20-12-7-11-19(2)3/h5-6,8-9,18H,4,7,10-15H2,1-3H3. The summed E-state index contributed by atoms with van der Waals surface area (Å²) in [5, 5.41) is 3.40. The highest BCUT2D eigenvalue weighted by Crippen LogP contribution is 2.17. The summed E-state index contributed by atoms with van der Waals surface area (Å²) in [7, 11) is 4.15. The molecule has 0 fully saturated rings. The summed E-state index contributed by atoms with van der Waals surface area (Å²) in [5.74, 6) is 0.956. The Morgan fingerprint density at radius 3 is 2.67 bits per heavy atom. The summed E-state index contributed by atoms with van der Waals surface area (Å²) in [6, 6.07) is 8.19. The SMILES string of the molecule is CCCNCc1ccccc1OCCOCCCN(C)C. The third-order valence-corrected chi connectivity index (χ3v) is 3.09. The molecule has 0 saturated carbocycles. The zero-order valence-corrected chi connectivity index (χ0v) is 13.7. The van der Waals surface area contributed by atoms with Crippen molar-refractivity contribution in [3.8, 4) is 5.75 Å². The maximum atomic E-state index is 5.82. The maximum absolute atomic E-state index is 5.82. The van der Waals surface area contributed by atoms with Crippen LogP contribution in [0.5, 0.6) is 5.75 Å². The van der Waals surface area contributed by atoms with Crippen molar-refractivity contribution in [2.24, 2.45) is 0 Å². The summed E-state index contributed by atoms with van der Waals surface area (Å²) in [6.07, 6.45) is 2.20. The highest BCUT2D eigenvalue weighted by Gasteiger charge is 2.02. The molecule has 0 bridgehead atoms. The topological polar surface area (TPSA) is 33.7 Å². The highest BCUT2D eigenvalue weighted by molar-refractivity contribution is 5.33. The van der Waals surface area contributed by atoms with Crippen molar-refractivity contribution in [3.05, 3.63) is 29.8 Å². The lowest BCUT2D eigenvalue weighted by atomic mass is 10.2. The van der Waals surface area contributed by atoms with Crippen molar-refractivity contribution in [2.45, 2.75) is 26.3 Å². The Bertz CT molecular complexity index is 370. The second kappa shape index (κ2) is 11.5. The molecule has 120 valence electrons. The van der Waals surface area contributed by atoms with Crippen LogP contribution in [0.25, 0.3) is 0 Å². The molecule has 0 radical (unpaired) electrons. The summed E-state index contributed by atoms with van der Waals surface area (Å²) in [4.78, 5) is 2.17. The van der Waals surface area contributed by atoms with Crippen molar-refractivity contribution >= 4 is 0 Å². The first-order valence-corrected chi connectivity index (χ1v) is 7.88. The van der Waals surface area contributed by atoms with Crippen LogP contribution < -0.4 is 10.1 Å². The Labute approximate surface area is 129 Å². The highest BCUT2D eigenvalue weighted by atomic mass is 16.5. The van der Waals surface area contributed by atoms with Crippen molar-refractivity contribution in [1.29, 1.82) is 0 Å². The van der Waals surface area contributed by atoms with E-state index in [1.54, 1.807) is 0 Å². The Hall–Kier alpha value is -1.10. The molecule has 0 amide bonds. The fraction of sp³-hybridized carbons (Fsp3) is 0.647. The summed E-state index contributed by atoms with van der Waals surface area (Å²) in [6.45, 7) is 7.16. The molecule has 1 aromatic carbocycles. The number of benzene rings is 1. The lowest BCUT2D eigenvalue weighted by molar-refractivity contribution is 0.0943. The average Bonchev–Trinajstić information content (AvgIpc) is 2.47. The van der Waals surface area contributed by atoms with E-state index in [9.17, 15) is 0 Å². The van der Waals surface area contributed by atoms with Crippen LogP contribution in [0.4, 0.5) is 0 Å². The third-order valence-electron chi connectivity index (χ3n) is 3.09. The predicted molar refractivity (Wildman–Crippen MR) is 87.9 cm³/mol. The first kappa shape index (κ1) is 18.0. The Morgan fingerprint density at radius 1 is 1.10 bits per heavy atom. The monoisotopic (exact) mass is 294 g/mol. The van der Waals surface area contributed by atoms with Crippen LogP contribution in [-0.4, -0.2) is 51.9 Å². The van der Waals surface area contributed by atoms with Crippen molar-refractivity contribution < 1.29 is 9.47 Å². The smallest absolute Gasteiger partial charge is 0.123 e. The molecule has 4 nitrogen and oxygen atoms in total. The van der Waals surface area contributed by atoms with Crippen LogP contribution in [0.2, 0.25) is 0 Å². The first-order valence-electron chi connectivity index (χ1n) is 7.88. The van der Waals surface area contributed by atoms with Gasteiger partial charge in [0.2, 0.25) is 0 Å². The van der Waals surface area contributed by atoms with Crippen molar-refractivity contribution in [1.82, 2.24) is 10.2 Å². The van der Waals surface area contributed by atoms with E-state index >= 15 is 0 Å². The van der Waals surface area contributed by atoms with Crippen LogP contribution in [0.1, 0.15) is 25.3 Å². The second-order valence-electron chi connectivity index (χ2n) is 5.40. The number of ether oxygens (including phenoxy) is 2. The molecule has 0 aliphatic rings. The minimum Gasteiger partial charge on any atom is -0.491 e. The van der Waals surface area contributed by atoms with Gasteiger partial charge in [-0.05, 0) is 46.1 Å². The van der Waals surface area contributed by atoms with E-state index in [2.05, 4.69) is 37.3 Å². The maximum Gasteiger partial charge on any atom is 0.123 e. The molecule has 0 unspecified atom stereocenters. The van der Waals surface area contributed by atoms with Crippen LogP contribution in [-0.2, 0) is 11.3 Å². The van der Waals surface area contributed by atoms with Gasteiger partial charge in [-0.3, -0.25) is 0 Å². The van der Waals surface area contributed by atoms with Gasteiger partial charge < -0.3 is 19.7 Å². The van der Waals surface area contributed by atoms with Crippen molar-refractivity contribution in [2.75, 3.05) is 47.0 Å². The molecule has 21 heavy (non-hydrogen) atoms. The van der Waals surface area contributed by atoms with Crippen LogP contribution in [0.3, 0.4) is 0 Å². The Kier molecular flexibility index (Phi) is 9.87. The van der Waals surface area contributed by atoms with E-state index in [-0.39, 0.29) is 0 Å². The van der Waals surface area contributed by atoms with Gasteiger partial charge in [0.25, 0.3) is 0 Å². The zero-order chi connectivity index (χ0) is 15.3. The van der Waals surface area contributed by atoms with E-state index in [4.69, 9.17) is 9.47 Å². The second-order valence-corrected chi connectivity index (χ2v) is 5.40. The predicted octanol–water partition coefficient (Wildman–Crippen LogP) is 2.53.